The van der Waals surface area contributed by atoms with E-state index in [9.17, 15) is 17.6 Å². The van der Waals surface area contributed by atoms with Crippen molar-refractivity contribution >= 4 is 27.3 Å². The third-order valence-electron chi connectivity index (χ3n) is 5.39. The lowest BCUT2D eigenvalue weighted by Gasteiger charge is -2.14. The molecule has 3 N–H and O–H groups in total. The summed E-state index contributed by atoms with van der Waals surface area (Å²) in [5.41, 5.74) is 1.99. The van der Waals surface area contributed by atoms with Crippen molar-refractivity contribution in [3.8, 4) is 16.9 Å². The predicted octanol–water partition coefficient (Wildman–Crippen LogP) is 4.54. The summed E-state index contributed by atoms with van der Waals surface area (Å²) in [5, 5.41) is 5.90. The first-order chi connectivity index (χ1) is 17.9. The Hall–Kier alpha value is -4.44. The molecule has 0 saturated carbocycles. The predicted molar refractivity (Wildman–Crippen MR) is 141 cm³/mol. The molecule has 0 saturated heterocycles. The van der Waals surface area contributed by atoms with Crippen LogP contribution in [-0.2, 0) is 10.0 Å². The van der Waals surface area contributed by atoms with E-state index in [1.54, 1.807) is 72.9 Å². The van der Waals surface area contributed by atoms with Crippen LogP contribution in [0.4, 0.5) is 15.8 Å². The van der Waals surface area contributed by atoms with Crippen LogP contribution in [0.15, 0.2) is 96.0 Å². The zero-order valence-electron chi connectivity index (χ0n) is 19.9. The van der Waals surface area contributed by atoms with Gasteiger partial charge in [0.25, 0.3) is 15.9 Å². The summed E-state index contributed by atoms with van der Waals surface area (Å²) in [7, 11) is -2.70. The number of ether oxygens (including phenoxy) is 1. The zero-order valence-corrected chi connectivity index (χ0v) is 20.8. The van der Waals surface area contributed by atoms with E-state index >= 15 is 0 Å². The lowest BCUT2D eigenvalue weighted by atomic mass is 10.1. The minimum atomic E-state index is -4.07. The van der Waals surface area contributed by atoms with Crippen LogP contribution in [0.25, 0.3) is 11.1 Å². The number of amides is 1. The largest absolute Gasteiger partial charge is 0.495 e. The molecule has 1 aromatic heterocycles. The van der Waals surface area contributed by atoms with Crippen LogP contribution in [0.2, 0.25) is 0 Å². The Balaban J connectivity index is 1.45. The number of sulfonamides is 1. The first-order valence-corrected chi connectivity index (χ1v) is 12.8. The number of hydrogen-bond donors (Lipinski definition) is 3. The van der Waals surface area contributed by atoms with Gasteiger partial charge in [-0.05, 0) is 54.1 Å². The Bertz CT molecular complexity index is 1500. The van der Waals surface area contributed by atoms with Crippen molar-refractivity contribution in [1.82, 2.24) is 10.3 Å². The second-order valence-electron chi connectivity index (χ2n) is 7.93. The molecule has 1 amide bonds. The number of halogens is 1. The molecule has 0 aliphatic heterocycles. The lowest BCUT2D eigenvalue weighted by molar-refractivity contribution is 0.0950. The molecule has 0 atom stereocenters. The van der Waals surface area contributed by atoms with Crippen LogP contribution in [0, 0.1) is 5.82 Å². The monoisotopic (exact) mass is 520 g/mol. The van der Waals surface area contributed by atoms with E-state index in [-0.39, 0.29) is 22.1 Å². The average Bonchev–Trinajstić information content (AvgIpc) is 2.91. The highest BCUT2D eigenvalue weighted by molar-refractivity contribution is 7.92. The summed E-state index contributed by atoms with van der Waals surface area (Å²) < 4.78 is 48.7. The molecule has 0 spiro atoms. The van der Waals surface area contributed by atoms with Gasteiger partial charge >= 0.3 is 0 Å². The Labute approximate surface area is 214 Å². The minimum absolute atomic E-state index is 0.119. The molecule has 10 heteroatoms. The maximum atomic E-state index is 14.3. The molecule has 0 unspecified atom stereocenters. The van der Waals surface area contributed by atoms with Crippen molar-refractivity contribution in [3.63, 3.8) is 0 Å². The number of nitrogens with one attached hydrogen (secondary N) is 3. The highest BCUT2D eigenvalue weighted by atomic mass is 32.2. The van der Waals surface area contributed by atoms with Gasteiger partial charge in [0.2, 0.25) is 0 Å². The molecule has 4 aromatic rings. The third-order valence-corrected chi connectivity index (χ3v) is 6.79. The Kier molecular flexibility index (Phi) is 7.99. The molecule has 0 radical (unpaired) electrons. The van der Waals surface area contributed by atoms with Crippen molar-refractivity contribution in [3.05, 3.63) is 103 Å². The summed E-state index contributed by atoms with van der Waals surface area (Å²) in [6.45, 7) is 0.749. The van der Waals surface area contributed by atoms with Gasteiger partial charge in [-0.1, -0.05) is 36.4 Å². The molecular formula is C27H25FN4O4S. The number of benzene rings is 3. The third kappa shape index (κ3) is 6.42. The van der Waals surface area contributed by atoms with E-state index in [0.29, 0.717) is 35.7 Å². The van der Waals surface area contributed by atoms with Crippen LogP contribution in [0.3, 0.4) is 0 Å². The average molecular weight is 521 g/mol. The molecule has 3 aromatic carbocycles. The standard InChI is InChI=1S/C27H25FN4O4S/c1-36-25-13-12-19(22-9-2-3-10-23(22)28)17-26(25)37(34,35)32-21-8-6-7-20(18-21)29-15-16-31-27(33)24-11-4-5-14-30-24/h2-14,17-18,29,32H,15-16H2,1H3,(H,31,33). The van der Waals surface area contributed by atoms with Crippen molar-refractivity contribution < 1.29 is 22.3 Å². The topological polar surface area (TPSA) is 109 Å². The van der Waals surface area contributed by atoms with Crippen LogP contribution >= 0.6 is 0 Å². The number of carbonyl (C=O) groups is 1. The van der Waals surface area contributed by atoms with Crippen molar-refractivity contribution in [2.45, 2.75) is 4.90 Å². The maximum absolute atomic E-state index is 14.3. The number of pyridine rings is 1. The fourth-order valence-corrected chi connectivity index (χ4v) is 4.87. The van der Waals surface area contributed by atoms with Gasteiger partial charge in [0.1, 0.15) is 22.2 Å². The summed E-state index contributed by atoms with van der Waals surface area (Å²) >= 11 is 0. The smallest absolute Gasteiger partial charge is 0.269 e. The number of hydrogen-bond acceptors (Lipinski definition) is 6. The van der Waals surface area contributed by atoms with E-state index < -0.39 is 15.8 Å². The quantitative estimate of drug-likeness (QED) is 0.265. The highest BCUT2D eigenvalue weighted by Gasteiger charge is 2.21. The molecule has 0 fully saturated rings. The molecule has 0 bridgehead atoms. The normalized spacial score (nSPS) is 11.0. The Morgan fingerprint density at radius 3 is 2.46 bits per heavy atom. The Morgan fingerprint density at radius 1 is 0.919 bits per heavy atom. The van der Waals surface area contributed by atoms with Crippen LogP contribution in [0.1, 0.15) is 10.5 Å². The highest BCUT2D eigenvalue weighted by Crippen LogP contribution is 2.32. The van der Waals surface area contributed by atoms with Gasteiger partial charge in [-0.2, -0.15) is 0 Å². The van der Waals surface area contributed by atoms with E-state index in [0.717, 1.165) is 0 Å². The Morgan fingerprint density at radius 2 is 1.70 bits per heavy atom. The molecule has 37 heavy (non-hydrogen) atoms. The fourth-order valence-electron chi connectivity index (χ4n) is 3.62. The number of aromatic nitrogens is 1. The maximum Gasteiger partial charge on any atom is 0.269 e. The van der Waals surface area contributed by atoms with Gasteiger partial charge in [0.05, 0.1) is 12.8 Å². The van der Waals surface area contributed by atoms with Crippen molar-refractivity contribution in [2.75, 3.05) is 30.2 Å². The second-order valence-corrected chi connectivity index (χ2v) is 9.58. The number of methoxy groups -OCH3 is 1. The van der Waals surface area contributed by atoms with E-state index in [2.05, 4.69) is 20.3 Å². The number of carbonyl (C=O) groups excluding carboxylic acids is 1. The molecule has 1 heterocycles. The number of nitrogens with zero attached hydrogens (tertiary/aromatic N) is 1. The molecule has 0 aliphatic rings. The van der Waals surface area contributed by atoms with Gasteiger partial charge in [-0.3, -0.25) is 14.5 Å². The zero-order chi connectivity index (χ0) is 26.3. The second kappa shape index (κ2) is 11.5. The number of anilines is 2. The van der Waals surface area contributed by atoms with Gasteiger partial charge < -0.3 is 15.4 Å². The summed E-state index contributed by atoms with van der Waals surface area (Å²) in [6.07, 6.45) is 1.55. The van der Waals surface area contributed by atoms with Crippen LogP contribution < -0.4 is 20.1 Å². The molecule has 8 nitrogen and oxygen atoms in total. The minimum Gasteiger partial charge on any atom is -0.495 e. The van der Waals surface area contributed by atoms with Crippen LogP contribution in [-0.4, -0.2) is 39.5 Å². The van der Waals surface area contributed by atoms with Gasteiger partial charge in [0, 0.05) is 30.5 Å². The molecule has 190 valence electrons. The molecular weight excluding hydrogens is 495 g/mol. The first-order valence-electron chi connectivity index (χ1n) is 11.4. The first kappa shape index (κ1) is 25.6. The summed E-state index contributed by atoms with van der Waals surface area (Å²) in [4.78, 5) is 16.0. The molecule has 4 rings (SSSR count). The summed E-state index contributed by atoms with van der Waals surface area (Å²) in [5.74, 6) is -0.611. The van der Waals surface area contributed by atoms with Gasteiger partial charge in [-0.25, -0.2) is 12.8 Å². The molecule has 0 aliphatic carbocycles. The van der Waals surface area contributed by atoms with Crippen LogP contribution in [0.5, 0.6) is 5.75 Å². The van der Waals surface area contributed by atoms with Crippen molar-refractivity contribution in [2.24, 2.45) is 0 Å². The van der Waals surface area contributed by atoms with Gasteiger partial charge in [-0.15, -0.1) is 0 Å². The fraction of sp³-hybridized carbons (Fsp3) is 0.111. The lowest BCUT2D eigenvalue weighted by Crippen LogP contribution is -2.29. The summed E-state index contributed by atoms with van der Waals surface area (Å²) in [6, 6.07) is 22.4. The SMILES string of the molecule is COc1ccc(-c2ccccc2F)cc1S(=O)(=O)Nc1cccc(NCCNC(=O)c2ccccn2)c1. The van der Waals surface area contributed by atoms with E-state index in [1.165, 1.54) is 25.3 Å². The van der Waals surface area contributed by atoms with Gasteiger partial charge in [0.15, 0.2) is 0 Å². The number of rotatable bonds is 10. The van der Waals surface area contributed by atoms with Crippen molar-refractivity contribution in [1.29, 1.82) is 0 Å². The van der Waals surface area contributed by atoms with E-state index in [4.69, 9.17) is 4.74 Å². The van der Waals surface area contributed by atoms with E-state index in [1.807, 2.05) is 0 Å².